The summed E-state index contributed by atoms with van der Waals surface area (Å²) in [5, 5.41) is 9.11. The Kier molecular flexibility index (Phi) is 6.03. The van der Waals surface area contributed by atoms with Gasteiger partial charge >= 0.3 is 7.60 Å². The summed E-state index contributed by atoms with van der Waals surface area (Å²) in [4.78, 5) is 0. The van der Waals surface area contributed by atoms with Crippen molar-refractivity contribution >= 4 is 12.9 Å². The first-order valence-corrected chi connectivity index (χ1v) is 7.70. The number of nitrogens with zero attached hydrogens (tertiary/aromatic N) is 1. The lowest BCUT2D eigenvalue weighted by Crippen LogP contribution is -1.99. The van der Waals surface area contributed by atoms with Gasteiger partial charge in [-0.3, -0.25) is 4.57 Å². The molecule has 110 valence electrons. The summed E-state index contributed by atoms with van der Waals surface area (Å²) in [7, 11) is -2.09. The lowest BCUT2D eigenvalue weighted by Gasteiger charge is -2.19. The van der Waals surface area contributed by atoms with Gasteiger partial charge in [0.05, 0.1) is 26.6 Å². The van der Waals surface area contributed by atoms with Gasteiger partial charge in [-0.25, -0.2) is 0 Å². The molecule has 0 aliphatic carbocycles. The van der Waals surface area contributed by atoms with Crippen molar-refractivity contribution in [1.82, 2.24) is 0 Å². The number of hydrogen-bond donors (Lipinski definition) is 0. The molecule has 0 unspecified atom stereocenters. The van der Waals surface area contributed by atoms with E-state index in [1.165, 1.54) is 19.4 Å². The zero-order chi connectivity index (χ0) is 15.2. The van der Waals surface area contributed by atoms with E-state index in [1.807, 2.05) is 6.07 Å². The van der Waals surface area contributed by atoms with Gasteiger partial charge in [-0.05, 0) is 20.8 Å². The van der Waals surface area contributed by atoms with Gasteiger partial charge in [-0.2, -0.15) is 5.26 Å². The Morgan fingerprint density at radius 3 is 2.45 bits per heavy atom. The smallest absolute Gasteiger partial charge is 0.365 e. The van der Waals surface area contributed by atoms with Gasteiger partial charge in [0.15, 0.2) is 0 Å². The van der Waals surface area contributed by atoms with E-state index >= 15 is 0 Å². The lowest BCUT2D eigenvalue weighted by atomic mass is 10.2. The Morgan fingerprint density at radius 2 is 2.05 bits per heavy atom. The van der Waals surface area contributed by atoms with Gasteiger partial charge in [-0.15, -0.1) is 0 Å². The molecular formula is C13H18NO5P. The molecule has 1 aromatic heterocycles. The van der Waals surface area contributed by atoms with E-state index in [0.717, 1.165) is 0 Å². The highest BCUT2D eigenvalue weighted by atomic mass is 31.2. The highest BCUT2D eigenvalue weighted by Crippen LogP contribution is 2.61. The molecule has 0 amide bonds. The quantitative estimate of drug-likeness (QED) is 0.564. The summed E-state index contributed by atoms with van der Waals surface area (Å²) in [6.45, 7) is 5.56. The number of rotatable bonds is 7. The van der Waals surface area contributed by atoms with Gasteiger partial charge in [0.2, 0.25) is 5.76 Å². The number of nitriles is 1. The maximum Gasteiger partial charge on any atom is 0.365 e. The van der Waals surface area contributed by atoms with Crippen molar-refractivity contribution in [1.29, 1.82) is 5.26 Å². The van der Waals surface area contributed by atoms with Gasteiger partial charge in [0, 0.05) is 11.6 Å². The predicted molar refractivity (Wildman–Crippen MR) is 74.0 cm³/mol. The van der Waals surface area contributed by atoms with E-state index in [4.69, 9.17) is 23.5 Å². The van der Waals surface area contributed by atoms with Crippen LogP contribution in [-0.2, 0) is 18.3 Å². The average molecular weight is 299 g/mol. The first-order chi connectivity index (χ1) is 9.52. The number of methoxy groups -OCH3 is 1. The molecule has 0 saturated carbocycles. The van der Waals surface area contributed by atoms with Crippen LogP contribution in [0.25, 0.3) is 5.31 Å². The molecule has 0 aliphatic heterocycles. The summed E-state index contributed by atoms with van der Waals surface area (Å²) in [6, 6.07) is 3.39. The van der Waals surface area contributed by atoms with E-state index in [-0.39, 0.29) is 24.3 Å². The van der Waals surface area contributed by atoms with Crippen molar-refractivity contribution in [2.45, 2.75) is 20.8 Å². The molecule has 0 radical (unpaired) electrons. The first-order valence-electron chi connectivity index (χ1n) is 6.15. The van der Waals surface area contributed by atoms with Crippen molar-refractivity contribution in [2.75, 3.05) is 20.3 Å². The Bertz CT molecular complexity index is 560. The third-order valence-corrected chi connectivity index (χ3v) is 4.56. The predicted octanol–water partition coefficient (Wildman–Crippen LogP) is 3.67. The second-order valence-corrected chi connectivity index (χ2v) is 5.76. The van der Waals surface area contributed by atoms with Crippen molar-refractivity contribution in [2.24, 2.45) is 0 Å². The first kappa shape index (κ1) is 16.5. The van der Waals surface area contributed by atoms with Gasteiger partial charge < -0.3 is 18.2 Å². The number of aryl methyl sites for hydroxylation is 1. The molecule has 6 nitrogen and oxygen atoms in total. The van der Waals surface area contributed by atoms with E-state index in [1.54, 1.807) is 20.8 Å². The Balaban J connectivity index is 3.36. The van der Waals surface area contributed by atoms with Crippen LogP contribution in [0.3, 0.4) is 0 Å². The van der Waals surface area contributed by atoms with Crippen LogP contribution in [0.2, 0.25) is 0 Å². The summed E-state index contributed by atoms with van der Waals surface area (Å²) >= 11 is 0. The van der Waals surface area contributed by atoms with E-state index in [0.29, 0.717) is 11.3 Å². The van der Waals surface area contributed by atoms with Crippen molar-refractivity contribution < 1.29 is 22.8 Å². The molecule has 0 aromatic carbocycles. The van der Waals surface area contributed by atoms with Gasteiger partial charge in [0.25, 0.3) is 0 Å². The van der Waals surface area contributed by atoms with E-state index in [9.17, 15) is 4.57 Å². The van der Waals surface area contributed by atoms with Crippen LogP contribution >= 0.6 is 7.60 Å². The SMILES string of the molecule is CCOP(=O)(OCC)/C(=C/OC)c1cc(C#N)oc1C. The normalized spacial score (nSPS) is 12.2. The molecule has 0 bridgehead atoms. The third kappa shape index (κ3) is 3.51. The minimum absolute atomic E-state index is 0.124. The van der Waals surface area contributed by atoms with E-state index < -0.39 is 7.60 Å². The van der Waals surface area contributed by atoms with Crippen LogP contribution in [-0.4, -0.2) is 20.3 Å². The molecule has 1 aromatic rings. The van der Waals surface area contributed by atoms with Gasteiger partial charge in [0.1, 0.15) is 17.1 Å². The maximum atomic E-state index is 12.8. The molecule has 20 heavy (non-hydrogen) atoms. The summed E-state index contributed by atoms with van der Waals surface area (Å²) in [6.07, 6.45) is 1.30. The van der Waals surface area contributed by atoms with Crippen LogP contribution in [0.5, 0.6) is 0 Å². The van der Waals surface area contributed by atoms with Gasteiger partial charge in [-0.1, -0.05) is 0 Å². The zero-order valence-corrected chi connectivity index (χ0v) is 12.9. The van der Waals surface area contributed by atoms with Crippen molar-refractivity contribution in [3.8, 4) is 6.07 Å². The minimum atomic E-state index is -3.53. The third-order valence-electron chi connectivity index (χ3n) is 2.43. The molecule has 0 fully saturated rings. The fourth-order valence-corrected chi connectivity index (χ4v) is 3.48. The molecule has 1 rings (SSSR count). The molecular weight excluding hydrogens is 281 g/mol. The fraction of sp³-hybridized carbons (Fsp3) is 0.462. The van der Waals surface area contributed by atoms with E-state index in [2.05, 4.69) is 0 Å². The topological polar surface area (TPSA) is 81.7 Å². The van der Waals surface area contributed by atoms with Crippen molar-refractivity contribution in [3.05, 3.63) is 29.4 Å². The Labute approximate surface area is 118 Å². The minimum Gasteiger partial charge on any atom is -0.503 e. The molecule has 0 spiro atoms. The van der Waals surface area contributed by atoms with Crippen LogP contribution < -0.4 is 0 Å². The molecule has 0 atom stereocenters. The number of furan rings is 1. The highest BCUT2D eigenvalue weighted by molar-refractivity contribution is 7.65. The van der Waals surface area contributed by atoms with Crippen LogP contribution in [0.15, 0.2) is 16.7 Å². The fourth-order valence-electron chi connectivity index (χ4n) is 1.69. The van der Waals surface area contributed by atoms with Crippen LogP contribution in [0.4, 0.5) is 0 Å². The van der Waals surface area contributed by atoms with Crippen LogP contribution in [0.1, 0.15) is 30.9 Å². The Hall–Kier alpha value is -1.54. The summed E-state index contributed by atoms with van der Waals surface area (Å²) in [5.74, 6) is 0.573. The molecule has 1 heterocycles. The highest BCUT2D eigenvalue weighted by Gasteiger charge is 2.34. The lowest BCUT2D eigenvalue weighted by molar-refractivity contribution is 0.229. The van der Waals surface area contributed by atoms with Crippen molar-refractivity contribution in [3.63, 3.8) is 0 Å². The largest absolute Gasteiger partial charge is 0.503 e. The summed E-state index contributed by atoms with van der Waals surface area (Å²) < 4.78 is 33.7. The standard InChI is InChI=1S/C13H18NO5P/c1-5-17-20(15,18-6-2)13(9-16-4)12-7-11(8-14)19-10(12)3/h7,9H,5-6H2,1-4H3/b13-9+. The average Bonchev–Trinajstić information content (AvgIpc) is 2.77. The molecule has 0 aliphatic rings. The Morgan fingerprint density at radius 1 is 1.45 bits per heavy atom. The summed E-state index contributed by atoms with van der Waals surface area (Å²) in [5.41, 5.74) is 0.480. The molecule has 0 saturated heterocycles. The molecule has 7 heteroatoms. The monoisotopic (exact) mass is 299 g/mol. The maximum absolute atomic E-state index is 12.8. The van der Waals surface area contributed by atoms with Crippen LogP contribution in [0, 0.1) is 18.3 Å². The number of hydrogen-bond acceptors (Lipinski definition) is 6. The number of ether oxygens (including phenoxy) is 1. The molecule has 0 N–H and O–H groups in total. The zero-order valence-electron chi connectivity index (χ0n) is 12.0. The second kappa shape index (κ2) is 7.30. The second-order valence-electron chi connectivity index (χ2n) is 3.76.